The van der Waals surface area contributed by atoms with Crippen LogP contribution < -0.4 is 4.72 Å². The van der Waals surface area contributed by atoms with E-state index in [9.17, 15) is 13.2 Å². The lowest BCUT2D eigenvalue weighted by atomic mass is 9.99. The summed E-state index contributed by atoms with van der Waals surface area (Å²) >= 11 is 5.59. The molecule has 8 nitrogen and oxygen atoms in total. The van der Waals surface area contributed by atoms with Crippen molar-refractivity contribution in [3.05, 3.63) is 17.3 Å². The van der Waals surface area contributed by atoms with E-state index in [1.807, 2.05) is 0 Å². The number of piperidine rings is 1. The molecule has 1 aliphatic heterocycles. The van der Waals surface area contributed by atoms with Crippen LogP contribution in [0.4, 0.5) is 5.82 Å². The summed E-state index contributed by atoms with van der Waals surface area (Å²) in [6.07, 6.45) is 0.861. The first kappa shape index (κ1) is 15.9. The number of methoxy groups -OCH3 is 1. The number of ether oxygens (including phenoxy) is 1. The molecule has 0 saturated carbocycles. The van der Waals surface area contributed by atoms with E-state index in [1.54, 1.807) is 0 Å². The third-order valence-electron chi connectivity index (χ3n) is 3.19. The molecule has 0 radical (unpaired) electrons. The number of nitrogens with zero attached hydrogens (tertiary/aromatic N) is 3. The van der Waals surface area contributed by atoms with Gasteiger partial charge in [0.2, 0.25) is 0 Å². The molecule has 1 saturated heterocycles. The highest BCUT2D eigenvalue weighted by Crippen LogP contribution is 2.21. The molecule has 0 aromatic carbocycles. The standard InChI is InChI=1S/C11H15ClN4O4S/c1-20-11(17)8-4-6-16(7-5-8)21(18,19)15-10-3-2-9(12)13-14-10/h2-3,8H,4-7H2,1H3,(H,14,15). The lowest BCUT2D eigenvalue weighted by Gasteiger charge is -2.29. The minimum absolute atomic E-state index is 0.0921. The quantitative estimate of drug-likeness (QED) is 0.812. The average Bonchev–Trinajstić information content (AvgIpc) is 2.49. The summed E-state index contributed by atoms with van der Waals surface area (Å²) in [7, 11) is -2.39. The Morgan fingerprint density at radius 3 is 2.57 bits per heavy atom. The maximum Gasteiger partial charge on any atom is 0.308 e. The first-order valence-electron chi connectivity index (χ1n) is 6.27. The molecule has 116 valence electrons. The Balaban J connectivity index is 1.98. The zero-order valence-electron chi connectivity index (χ0n) is 11.3. The van der Waals surface area contributed by atoms with Crippen molar-refractivity contribution >= 4 is 33.6 Å². The Hall–Kier alpha value is -1.45. The highest BCUT2D eigenvalue weighted by Gasteiger charge is 2.31. The number of carbonyl (C=O) groups excluding carboxylic acids is 1. The number of anilines is 1. The van der Waals surface area contributed by atoms with Crippen LogP contribution in [-0.2, 0) is 19.7 Å². The summed E-state index contributed by atoms with van der Waals surface area (Å²) in [4.78, 5) is 11.4. The first-order chi connectivity index (χ1) is 9.92. The minimum atomic E-state index is -3.72. The molecular weight excluding hydrogens is 320 g/mol. The Kier molecular flexibility index (Phi) is 4.96. The van der Waals surface area contributed by atoms with Gasteiger partial charge in [-0.2, -0.15) is 12.7 Å². The predicted octanol–water partition coefficient (Wildman–Crippen LogP) is 0.672. The maximum atomic E-state index is 12.2. The van der Waals surface area contributed by atoms with Gasteiger partial charge in [-0.05, 0) is 25.0 Å². The molecule has 0 aliphatic carbocycles. The Labute approximate surface area is 127 Å². The van der Waals surface area contributed by atoms with E-state index in [0.29, 0.717) is 12.8 Å². The van der Waals surface area contributed by atoms with Crippen LogP contribution in [0.15, 0.2) is 12.1 Å². The maximum absolute atomic E-state index is 12.2. The van der Waals surface area contributed by atoms with Crippen molar-refractivity contribution in [2.24, 2.45) is 5.92 Å². The van der Waals surface area contributed by atoms with Gasteiger partial charge in [0.05, 0.1) is 13.0 Å². The number of carbonyl (C=O) groups is 1. The molecule has 0 amide bonds. The summed E-state index contributed by atoms with van der Waals surface area (Å²) in [5.41, 5.74) is 0. The summed E-state index contributed by atoms with van der Waals surface area (Å²) < 4.78 is 32.6. The van der Waals surface area contributed by atoms with Gasteiger partial charge in [-0.15, -0.1) is 10.2 Å². The molecule has 1 aromatic heterocycles. The largest absolute Gasteiger partial charge is 0.469 e. The average molecular weight is 335 g/mol. The summed E-state index contributed by atoms with van der Waals surface area (Å²) in [6.45, 7) is 0.492. The monoisotopic (exact) mass is 334 g/mol. The van der Waals surface area contributed by atoms with Crippen molar-refractivity contribution in [1.82, 2.24) is 14.5 Å². The number of halogens is 1. The van der Waals surface area contributed by atoms with Crippen LogP contribution in [0.2, 0.25) is 5.15 Å². The zero-order valence-corrected chi connectivity index (χ0v) is 12.9. The highest BCUT2D eigenvalue weighted by atomic mass is 35.5. The fourth-order valence-electron chi connectivity index (χ4n) is 2.07. The molecule has 1 aromatic rings. The highest BCUT2D eigenvalue weighted by molar-refractivity contribution is 7.90. The van der Waals surface area contributed by atoms with Gasteiger partial charge in [-0.1, -0.05) is 11.6 Å². The molecular formula is C11H15ClN4O4S. The number of rotatable bonds is 4. The second-order valence-corrected chi connectivity index (χ2v) is 6.60. The van der Waals surface area contributed by atoms with Gasteiger partial charge in [0.15, 0.2) is 11.0 Å². The summed E-state index contributed by atoms with van der Waals surface area (Å²) in [5.74, 6) is -0.463. The van der Waals surface area contributed by atoms with Crippen molar-refractivity contribution in [1.29, 1.82) is 0 Å². The van der Waals surface area contributed by atoms with Crippen molar-refractivity contribution in [2.75, 3.05) is 24.9 Å². The van der Waals surface area contributed by atoms with E-state index >= 15 is 0 Å². The van der Waals surface area contributed by atoms with Crippen LogP contribution in [0.25, 0.3) is 0 Å². The van der Waals surface area contributed by atoms with Gasteiger partial charge < -0.3 is 4.74 Å². The van der Waals surface area contributed by atoms with Gasteiger partial charge >= 0.3 is 16.2 Å². The SMILES string of the molecule is COC(=O)C1CCN(S(=O)(=O)Nc2ccc(Cl)nn2)CC1. The molecule has 10 heteroatoms. The van der Waals surface area contributed by atoms with Gasteiger partial charge in [-0.25, -0.2) is 0 Å². The molecule has 21 heavy (non-hydrogen) atoms. The van der Waals surface area contributed by atoms with Gasteiger partial charge in [0.25, 0.3) is 0 Å². The molecule has 0 unspecified atom stereocenters. The predicted molar refractivity (Wildman–Crippen MR) is 75.9 cm³/mol. The molecule has 2 heterocycles. The van der Waals surface area contributed by atoms with E-state index < -0.39 is 10.2 Å². The zero-order chi connectivity index (χ0) is 15.5. The van der Waals surface area contributed by atoms with Crippen LogP contribution in [-0.4, -0.2) is 49.1 Å². The van der Waals surface area contributed by atoms with Crippen LogP contribution in [0, 0.1) is 5.92 Å². The second kappa shape index (κ2) is 6.54. The van der Waals surface area contributed by atoms with Crippen molar-refractivity contribution in [3.63, 3.8) is 0 Å². The molecule has 1 N–H and O–H groups in total. The molecule has 1 fully saturated rings. The van der Waals surface area contributed by atoms with Crippen molar-refractivity contribution in [2.45, 2.75) is 12.8 Å². The van der Waals surface area contributed by atoms with Crippen LogP contribution in [0.3, 0.4) is 0 Å². The number of aromatic nitrogens is 2. The lowest BCUT2D eigenvalue weighted by molar-refractivity contribution is -0.146. The Morgan fingerprint density at radius 1 is 1.38 bits per heavy atom. The molecule has 0 spiro atoms. The molecule has 2 rings (SSSR count). The van der Waals surface area contributed by atoms with Gasteiger partial charge in [0, 0.05) is 13.1 Å². The second-order valence-electron chi connectivity index (χ2n) is 4.54. The van der Waals surface area contributed by atoms with Crippen LogP contribution in [0.1, 0.15) is 12.8 Å². The normalized spacial score (nSPS) is 17.4. The number of hydrogen-bond acceptors (Lipinski definition) is 6. The Morgan fingerprint density at radius 2 is 2.05 bits per heavy atom. The minimum Gasteiger partial charge on any atom is -0.469 e. The van der Waals surface area contributed by atoms with Gasteiger partial charge in [0.1, 0.15) is 0 Å². The fraction of sp³-hybridized carbons (Fsp3) is 0.545. The van der Waals surface area contributed by atoms with Crippen LogP contribution in [0.5, 0.6) is 0 Å². The topological polar surface area (TPSA) is 101 Å². The summed E-state index contributed by atoms with van der Waals surface area (Å²) in [6, 6.07) is 2.87. The van der Waals surface area contributed by atoms with E-state index in [1.165, 1.54) is 23.5 Å². The fourth-order valence-corrected chi connectivity index (χ4v) is 3.36. The van der Waals surface area contributed by atoms with Crippen molar-refractivity contribution < 1.29 is 17.9 Å². The third-order valence-corrected chi connectivity index (χ3v) is 4.91. The van der Waals surface area contributed by atoms with E-state index in [-0.39, 0.29) is 35.9 Å². The smallest absolute Gasteiger partial charge is 0.308 e. The first-order valence-corrected chi connectivity index (χ1v) is 8.09. The molecule has 0 bridgehead atoms. The van der Waals surface area contributed by atoms with Crippen molar-refractivity contribution in [3.8, 4) is 0 Å². The molecule has 1 aliphatic rings. The Bertz CT molecular complexity index is 599. The molecule has 0 atom stereocenters. The van der Waals surface area contributed by atoms with Gasteiger partial charge in [-0.3, -0.25) is 9.52 Å². The number of hydrogen-bond donors (Lipinski definition) is 1. The van der Waals surface area contributed by atoms with E-state index in [2.05, 4.69) is 19.7 Å². The lowest BCUT2D eigenvalue weighted by Crippen LogP contribution is -2.43. The third kappa shape index (κ3) is 4.02. The van der Waals surface area contributed by atoms with E-state index in [4.69, 9.17) is 11.6 Å². The number of esters is 1. The summed E-state index contributed by atoms with van der Waals surface area (Å²) in [5, 5.41) is 7.38. The van der Waals surface area contributed by atoms with E-state index in [0.717, 1.165) is 0 Å². The number of nitrogens with one attached hydrogen (secondary N) is 1. The van der Waals surface area contributed by atoms with Crippen LogP contribution >= 0.6 is 11.6 Å².